The van der Waals surface area contributed by atoms with Crippen molar-refractivity contribution in [2.24, 2.45) is 0 Å². The minimum atomic E-state index is -1.07. The summed E-state index contributed by atoms with van der Waals surface area (Å²) in [4.78, 5) is 45.0. The number of carboxylic acids is 1. The van der Waals surface area contributed by atoms with Gasteiger partial charge in [-0.15, -0.1) is 0 Å². The molecule has 0 spiro atoms. The normalized spacial score (nSPS) is 19.1. The Morgan fingerprint density at radius 3 is 2.54 bits per heavy atom. The van der Waals surface area contributed by atoms with E-state index in [1.165, 1.54) is 24.3 Å². The number of aromatic carboxylic acids is 1. The lowest BCUT2D eigenvalue weighted by molar-refractivity contribution is -0.120. The molecule has 1 fully saturated rings. The maximum absolute atomic E-state index is 13.8. The van der Waals surface area contributed by atoms with Gasteiger partial charge < -0.3 is 14.8 Å². The quantitative estimate of drug-likeness (QED) is 0.434. The van der Waals surface area contributed by atoms with Crippen LogP contribution in [0.3, 0.4) is 0 Å². The van der Waals surface area contributed by atoms with Gasteiger partial charge >= 0.3 is 12.0 Å². The Kier molecular flexibility index (Phi) is 4.63. The third-order valence-corrected chi connectivity index (χ3v) is 6.83. The van der Waals surface area contributed by atoms with E-state index in [2.05, 4.69) is 4.98 Å². The van der Waals surface area contributed by atoms with E-state index in [1.54, 1.807) is 12.0 Å². The lowest BCUT2D eigenvalue weighted by Crippen LogP contribution is -2.44. The van der Waals surface area contributed by atoms with Crippen LogP contribution >= 0.6 is 0 Å². The average molecular weight is 467 g/mol. The van der Waals surface area contributed by atoms with Gasteiger partial charge in [0.05, 0.1) is 18.4 Å². The van der Waals surface area contributed by atoms with Gasteiger partial charge in [-0.3, -0.25) is 9.69 Å². The molecule has 8 heteroatoms. The number of para-hydroxylation sites is 1. The second-order valence-electron chi connectivity index (χ2n) is 8.68. The molecule has 3 aromatic carbocycles. The molecule has 2 atom stereocenters. The van der Waals surface area contributed by atoms with Gasteiger partial charge in [-0.05, 0) is 53.6 Å². The van der Waals surface area contributed by atoms with Crippen molar-refractivity contribution in [2.45, 2.75) is 18.5 Å². The van der Waals surface area contributed by atoms with Crippen molar-refractivity contribution in [1.29, 1.82) is 0 Å². The molecule has 2 aliphatic heterocycles. The van der Waals surface area contributed by atoms with Crippen LogP contribution in [0.4, 0.5) is 10.5 Å². The zero-order valence-corrected chi connectivity index (χ0v) is 18.8. The summed E-state index contributed by atoms with van der Waals surface area (Å²) in [5, 5.41) is 10.2. The number of nitrogens with one attached hydrogen (secondary N) is 1. The second kappa shape index (κ2) is 7.73. The number of benzene rings is 3. The Morgan fingerprint density at radius 2 is 1.80 bits per heavy atom. The monoisotopic (exact) mass is 467 g/mol. The number of methoxy groups -OCH3 is 1. The van der Waals surface area contributed by atoms with Gasteiger partial charge in [-0.25, -0.2) is 14.5 Å². The molecule has 35 heavy (non-hydrogen) atoms. The minimum Gasteiger partial charge on any atom is -0.497 e. The number of aromatic nitrogens is 1. The molecule has 0 aliphatic carbocycles. The topological polar surface area (TPSA) is 103 Å². The Morgan fingerprint density at radius 1 is 1.03 bits per heavy atom. The molecular formula is C27H21N3O5. The summed E-state index contributed by atoms with van der Waals surface area (Å²) >= 11 is 0. The fourth-order valence-corrected chi connectivity index (χ4v) is 5.22. The summed E-state index contributed by atoms with van der Waals surface area (Å²) in [6.45, 7) is 0. The maximum Gasteiger partial charge on any atom is 0.335 e. The third-order valence-electron chi connectivity index (χ3n) is 6.83. The van der Waals surface area contributed by atoms with Gasteiger partial charge in [0.15, 0.2) is 0 Å². The number of nitrogens with zero attached hydrogens (tertiary/aromatic N) is 2. The van der Waals surface area contributed by atoms with E-state index in [0.29, 0.717) is 17.9 Å². The highest BCUT2D eigenvalue weighted by molar-refractivity contribution is 6.22. The molecule has 0 bridgehead atoms. The van der Waals surface area contributed by atoms with Crippen molar-refractivity contribution in [3.63, 3.8) is 0 Å². The molecule has 2 aliphatic rings. The van der Waals surface area contributed by atoms with Crippen LogP contribution in [0.2, 0.25) is 0 Å². The molecule has 3 amide bonds. The number of carboxylic acid groups (broad SMARTS) is 1. The summed E-state index contributed by atoms with van der Waals surface area (Å²) in [7, 11) is 1.59. The van der Waals surface area contributed by atoms with Crippen molar-refractivity contribution in [3.05, 3.63) is 95.2 Å². The molecule has 3 heterocycles. The first-order chi connectivity index (χ1) is 17.0. The first-order valence-electron chi connectivity index (χ1n) is 11.2. The van der Waals surface area contributed by atoms with Gasteiger partial charge in [0, 0.05) is 23.0 Å². The number of hydrogen-bond donors (Lipinski definition) is 2. The lowest BCUT2D eigenvalue weighted by atomic mass is 9.89. The first kappa shape index (κ1) is 21.0. The van der Waals surface area contributed by atoms with Gasteiger partial charge in [-0.1, -0.05) is 30.3 Å². The first-order valence-corrected chi connectivity index (χ1v) is 11.2. The van der Waals surface area contributed by atoms with Crippen LogP contribution in [0.1, 0.15) is 33.2 Å². The van der Waals surface area contributed by atoms with Gasteiger partial charge in [0.1, 0.15) is 17.8 Å². The average Bonchev–Trinajstić information content (AvgIpc) is 3.37. The van der Waals surface area contributed by atoms with E-state index in [0.717, 1.165) is 32.6 Å². The number of ether oxygens (including phenoxy) is 1. The van der Waals surface area contributed by atoms with Crippen LogP contribution in [-0.4, -0.2) is 46.0 Å². The van der Waals surface area contributed by atoms with Crippen LogP contribution in [0.5, 0.6) is 5.75 Å². The molecule has 6 rings (SSSR count). The molecule has 1 saturated heterocycles. The SMILES string of the molecule is COc1cccc([C@@H]2c3[nH]c4ccccc4c3C[C@@H]3C(=O)N(c4ccc(C(=O)O)cc4)C(=O)N23)c1. The predicted octanol–water partition coefficient (Wildman–Crippen LogP) is 4.36. The molecule has 174 valence electrons. The number of urea groups is 1. The van der Waals surface area contributed by atoms with Crippen LogP contribution in [0.15, 0.2) is 72.8 Å². The summed E-state index contributed by atoms with van der Waals surface area (Å²) < 4.78 is 5.43. The Bertz CT molecular complexity index is 1510. The second-order valence-corrected chi connectivity index (χ2v) is 8.68. The predicted molar refractivity (Wildman–Crippen MR) is 129 cm³/mol. The van der Waals surface area contributed by atoms with Crippen LogP contribution in [0, 0.1) is 0 Å². The Balaban J connectivity index is 1.51. The molecule has 0 saturated carbocycles. The van der Waals surface area contributed by atoms with E-state index in [-0.39, 0.29) is 11.5 Å². The lowest BCUT2D eigenvalue weighted by Gasteiger charge is -2.36. The van der Waals surface area contributed by atoms with E-state index >= 15 is 0 Å². The summed E-state index contributed by atoms with van der Waals surface area (Å²) in [6, 6.07) is 19.5. The number of anilines is 1. The number of aromatic amines is 1. The van der Waals surface area contributed by atoms with Gasteiger partial charge in [0.2, 0.25) is 0 Å². The minimum absolute atomic E-state index is 0.0845. The number of imide groups is 1. The molecule has 4 aromatic rings. The Hall–Kier alpha value is -4.59. The molecule has 8 nitrogen and oxygen atoms in total. The van der Waals surface area contributed by atoms with E-state index < -0.39 is 24.1 Å². The Labute approximate surface area is 200 Å². The molecule has 2 N–H and O–H groups in total. The fraction of sp³-hybridized carbons (Fsp3) is 0.148. The summed E-state index contributed by atoms with van der Waals surface area (Å²) in [6.07, 6.45) is 0.383. The number of amides is 3. The zero-order chi connectivity index (χ0) is 24.3. The molecule has 0 unspecified atom stereocenters. The highest BCUT2D eigenvalue weighted by Crippen LogP contribution is 2.45. The van der Waals surface area contributed by atoms with Crippen LogP contribution in [-0.2, 0) is 11.2 Å². The largest absolute Gasteiger partial charge is 0.497 e. The number of hydrogen-bond acceptors (Lipinski definition) is 4. The van der Waals surface area contributed by atoms with E-state index in [4.69, 9.17) is 4.74 Å². The van der Waals surface area contributed by atoms with Gasteiger partial charge in [-0.2, -0.15) is 0 Å². The zero-order valence-electron chi connectivity index (χ0n) is 18.8. The number of rotatable bonds is 4. The molecule has 1 aromatic heterocycles. The summed E-state index contributed by atoms with van der Waals surface area (Å²) in [5.74, 6) is -0.750. The van der Waals surface area contributed by atoms with E-state index in [9.17, 15) is 19.5 Å². The number of carbonyl (C=O) groups is 3. The highest BCUT2D eigenvalue weighted by atomic mass is 16.5. The van der Waals surface area contributed by atoms with Crippen molar-refractivity contribution in [2.75, 3.05) is 12.0 Å². The number of fused-ring (bicyclic) bond motifs is 4. The summed E-state index contributed by atoms with van der Waals surface area (Å²) in [5.41, 5.74) is 4.09. The van der Waals surface area contributed by atoms with Crippen molar-refractivity contribution in [3.8, 4) is 5.75 Å². The van der Waals surface area contributed by atoms with Crippen molar-refractivity contribution in [1.82, 2.24) is 9.88 Å². The molecule has 0 radical (unpaired) electrons. The highest BCUT2D eigenvalue weighted by Gasteiger charge is 2.53. The van der Waals surface area contributed by atoms with Gasteiger partial charge in [0.25, 0.3) is 5.91 Å². The van der Waals surface area contributed by atoms with E-state index in [1.807, 2.05) is 48.5 Å². The number of H-pyrrole nitrogens is 1. The van der Waals surface area contributed by atoms with Crippen LogP contribution in [0.25, 0.3) is 10.9 Å². The smallest absolute Gasteiger partial charge is 0.335 e. The third kappa shape index (κ3) is 3.10. The number of carbonyl (C=O) groups excluding carboxylic acids is 2. The van der Waals surface area contributed by atoms with Crippen molar-refractivity contribution < 1.29 is 24.2 Å². The maximum atomic E-state index is 13.8. The standard InChI is InChI=1S/C27H21N3O5/c1-35-18-6-4-5-16(13-18)24-23-20(19-7-2-3-8-21(19)28-23)14-22-25(31)29(27(34)30(22)24)17-11-9-15(10-12-17)26(32)33/h2-13,22,24,28H,14H2,1H3,(H,32,33)/t22-,24-/m1/s1. The van der Waals surface area contributed by atoms with Crippen LogP contribution < -0.4 is 9.64 Å². The van der Waals surface area contributed by atoms with Crippen molar-refractivity contribution >= 4 is 34.5 Å². The fourth-order valence-electron chi connectivity index (χ4n) is 5.22. The molecular weight excluding hydrogens is 446 g/mol.